The summed E-state index contributed by atoms with van der Waals surface area (Å²) in [5.41, 5.74) is 5.59. The third-order valence-corrected chi connectivity index (χ3v) is 7.16. The van der Waals surface area contributed by atoms with E-state index in [1.807, 2.05) is 48.9 Å². The van der Waals surface area contributed by atoms with Gasteiger partial charge in [-0.05, 0) is 73.4 Å². The molecule has 1 fully saturated rings. The number of nitrogens with zero attached hydrogens (tertiary/aromatic N) is 3. The van der Waals surface area contributed by atoms with Crippen molar-refractivity contribution in [3.05, 3.63) is 101 Å². The average molecular weight is 486 g/mol. The van der Waals surface area contributed by atoms with Gasteiger partial charge < -0.3 is 9.80 Å². The second kappa shape index (κ2) is 10.7. The Morgan fingerprint density at radius 3 is 2.58 bits per heavy atom. The molecule has 0 spiro atoms. The summed E-state index contributed by atoms with van der Waals surface area (Å²) in [6.45, 7) is 12.6. The third-order valence-electron chi connectivity index (χ3n) is 7.16. The molecule has 36 heavy (non-hydrogen) atoms. The predicted octanol–water partition coefficient (Wildman–Crippen LogP) is 6.84. The molecule has 5 heteroatoms. The SMILES string of the molecule is C=C(/C=C1/N=C(C(=O)N2CCc3ccccc3C2C)C=C(C2CC2)N1C)c1cccc(C)c1F.CC. The van der Waals surface area contributed by atoms with Gasteiger partial charge >= 0.3 is 0 Å². The van der Waals surface area contributed by atoms with E-state index in [9.17, 15) is 9.18 Å². The second-order valence-electron chi connectivity index (χ2n) is 9.49. The highest BCUT2D eigenvalue weighted by molar-refractivity contribution is 6.44. The second-order valence-corrected chi connectivity index (χ2v) is 9.49. The standard InChI is InChI=1S/C29H30FN3O.C2H6/c1-18-8-7-11-23(28(18)30)19(2)16-27-31-25(17-26(32(27)4)22-12-13-22)29(34)33-15-14-21-9-5-6-10-24(21)20(33)3;1-2/h5-11,16-17,20,22H,2,12-15H2,1,3-4H3;1-2H3/b27-16-;. The number of aryl methyl sites for hydroxylation is 1. The molecule has 1 saturated carbocycles. The molecule has 1 aliphatic carbocycles. The number of fused-ring (bicyclic) bond motifs is 1. The lowest BCUT2D eigenvalue weighted by Crippen LogP contribution is -2.43. The highest BCUT2D eigenvalue weighted by atomic mass is 19.1. The van der Waals surface area contributed by atoms with Crippen LogP contribution in [0.2, 0.25) is 0 Å². The molecular formula is C31H36FN3O. The van der Waals surface area contributed by atoms with Crippen LogP contribution in [0.25, 0.3) is 5.57 Å². The van der Waals surface area contributed by atoms with Crippen molar-refractivity contribution in [3.63, 3.8) is 0 Å². The van der Waals surface area contributed by atoms with Crippen LogP contribution in [-0.4, -0.2) is 35.0 Å². The Morgan fingerprint density at radius 1 is 1.14 bits per heavy atom. The molecule has 3 aliphatic rings. The Balaban J connectivity index is 0.00000148. The zero-order chi connectivity index (χ0) is 26.0. The van der Waals surface area contributed by atoms with Crippen LogP contribution in [0.5, 0.6) is 0 Å². The molecule has 0 bridgehead atoms. The van der Waals surface area contributed by atoms with Crippen molar-refractivity contribution < 1.29 is 9.18 Å². The highest BCUT2D eigenvalue weighted by Gasteiger charge is 2.35. The molecule has 1 unspecified atom stereocenters. The number of rotatable bonds is 4. The molecule has 0 radical (unpaired) electrons. The van der Waals surface area contributed by atoms with E-state index in [2.05, 4.69) is 31.7 Å². The van der Waals surface area contributed by atoms with Gasteiger partial charge in [-0.25, -0.2) is 9.38 Å². The van der Waals surface area contributed by atoms with Gasteiger partial charge in [0.1, 0.15) is 17.3 Å². The first-order valence-corrected chi connectivity index (χ1v) is 12.9. The van der Waals surface area contributed by atoms with Crippen LogP contribution < -0.4 is 0 Å². The van der Waals surface area contributed by atoms with Crippen LogP contribution in [0.3, 0.4) is 0 Å². The fourth-order valence-electron chi connectivity index (χ4n) is 4.93. The van der Waals surface area contributed by atoms with Gasteiger partial charge in [-0.3, -0.25) is 4.79 Å². The Hall–Kier alpha value is -3.47. The highest BCUT2D eigenvalue weighted by Crippen LogP contribution is 2.41. The van der Waals surface area contributed by atoms with E-state index in [1.165, 1.54) is 11.1 Å². The fourth-order valence-corrected chi connectivity index (χ4v) is 4.93. The van der Waals surface area contributed by atoms with Gasteiger partial charge in [-0.1, -0.05) is 62.9 Å². The van der Waals surface area contributed by atoms with Gasteiger partial charge in [0, 0.05) is 24.9 Å². The predicted molar refractivity (Wildman–Crippen MR) is 146 cm³/mol. The fraction of sp³-hybridized carbons (Fsp3) is 0.355. The Kier molecular flexibility index (Phi) is 7.58. The molecule has 2 heterocycles. The van der Waals surface area contributed by atoms with E-state index >= 15 is 0 Å². The number of carbonyl (C=O) groups is 1. The quantitative estimate of drug-likeness (QED) is 0.475. The smallest absolute Gasteiger partial charge is 0.273 e. The first-order valence-electron chi connectivity index (χ1n) is 12.9. The number of allylic oxidation sites excluding steroid dienone is 3. The first-order chi connectivity index (χ1) is 17.3. The van der Waals surface area contributed by atoms with Gasteiger partial charge in [-0.2, -0.15) is 0 Å². The molecule has 0 saturated heterocycles. The van der Waals surface area contributed by atoms with E-state index in [4.69, 9.17) is 4.99 Å². The molecule has 0 aromatic heterocycles. The van der Waals surface area contributed by atoms with Crippen molar-refractivity contribution in [3.8, 4) is 0 Å². The van der Waals surface area contributed by atoms with E-state index in [0.29, 0.717) is 40.7 Å². The van der Waals surface area contributed by atoms with Gasteiger partial charge in [0.25, 0.3) is 5.91 Å². The van der Waals surface area contributed by atoms with Crippen LogP contribution in [0.15, 0.2) is 77.7 Å². The monoisotopic (exact) mass is 485 g/mol. The number of hydrogen-bond donors (Lipinski definition) is 0. The minimum Gasteiger partial charge on any atom is -0.333 e. The van der Waals surface area contributed by atoms with Crippen molar-refractivity contribution in [2.45, 2.75) is 53.0 Å². The summed E-state index contributed by atoms with van der Waals surface area (Å²) < 4.78 is 14.7. The first kappa shape index (κ1) is 25.6. The maximum atomic E-state index is 14.7. The number of aliphatic imine (C=N–C) groups is 1. The summed E-state index contributed by atoms with van der Waals surface area (Å²) >= 11 is 0. The Bertz CT molecular complexity index is 1270. The molecule has 5 rings (SSSR count). The molecule has 2 aromatic carbocycles. The summed E-state index contributed by atoms with van der Waals surface area (Å²) in [6, 6.07) is 13.6. The summed E-state index contributed by atoms with van der Waals surface area (Å²) in [4.78, 5) is 22.4. The zero-order valence-electron chi connectivity index (χ0n) is 22.0. The Morgan fingerprint density at radius 2 is 1.86 bits per heavy atom. The van der Waals surface area contributed by atoms with Crippen LogP contribution in [0.1, 0.15) is 61.9 Å². The van der Waals surface area contributed by atoms with E-state index < -0.39 is 0 Å². The largest absolute Gasteiger partial charge is 0.333 e. The summed E-state index contributed by atoms with van der Waals surface area (Å²) in [5.74, 6) is 0.701. The molecule has 4 nitrogen and oxygen atoms in total. The van der Waals surface area contributed by atoms with Crippen molar-refractivity contribution in [1.82, 2.24) is 9.80 Å². The lowest BCUT2D eigenvalue weighted by molar-refractivity contribution is -0.126. The van der Waals surface area contributed by atoms with Gasteiger partial charge in [0.05, 0.1) is 6.04 Å². The van der Waals surface area contributed by atoms with Crippen LogP contribution in [0.4, 0.5) is 4.39 Å². The van der Waals surface area contributed by atoms with Crippen molar-refractivity contribution >= 4 is 17.2 Å². The number of halogens is 1. The van der Waals surface area contributed by atoms with Gasteiger partial charge in [-0.15, -0.1) is 0 Å². The van der Waals surface area contributed by atoms with E-state index in [0.717, 1.165) is 25.0 Å². The minimum absolute atomic E-state index is 0.0126. The van der Waals surface area contributed by atoms with E-state index in [1.54, 1.807) is 25.1 Å². The number of carbonyl (C=O) groups excluding carboxylic acids is 1. The molecule has 1 amide bonds. The van der Waals surface area contributed by atoms with Gasteiger partial charge in [0.2, 0.25) is 0 Å². The van der Waals surface area contributed by atoms with Crippen molar-refractivity contribution in [2.75, 3.05) is 13.6 Å². The summed E-state index contributed by atoms with van der Waals surface area (Å²) in [7, 11) is 1.96. The van der Waals surface area contributed by atoms with Crippen molar-refractivity contribution in [2.24, 2.45) is 10.9 Å². The summed E-state index contributed by atoms with van der Waals surface area (Å²) in [5, 5.41) is 0. The normalized spacial score (nSPS) is 20.2. The zero-order valence-corrected chi connectivity index (χ0v) is 22.0. The molecule has 1 atom stereocenters. The maximum Gasteiger partial charge on any atom is 0.273 e. The van der Waals surface area contributed by atoms with Gasteiger partial charge in [0.15, 0.2) is 0 Å². The minimum atomic E-state index is -0.276. The summed E-state index contributed by atoms with van der Waals surface area (Å²) in [6.07, 6.45) is 6.78. The van der Waals surface area contributed by atoms with Crippen LogP contribution in [-0.2, 0) is 11.2 Å². The average Bonchev–Trinajstić information content (AvgIpc) is 3.73. The van der Waals surface area contributed by atoms with E-state index in [-0.39, 0.29) is 17.8 Å². The molecule has 2 aliphatic heterocycles. The molecule has 2 aromatic rings. The molecular weight excluding hydrogens is 449 g/mol. The lowest BCUT2D eigenvalue weighted by atomic mass is 9.93. The molecule has 188 valence electrons. The maximum absolute atomic E-state index is 14.7. The van der Waals surface area contributed by atoms with Crippen molar-refractivity contribution in [1.29, 1.82) is 0 Å². The number of amides is 1. The number of benzene rings is 2. The topological polar surface area (TPSA) is 35.9 Å². The lowest BCUT2D eigenvalue weighted by Gasteiger charge is -2.36. The van der Waals surface area contributed by atoms with Crippen LogP contribution in [0, 0.1) is 18.7 Å². The third kappa shape index (κ3) is 4.92. The molecule has 0 N–H and O–H groups in total. The van der Waals surface area contributed by atoms with Crippen LogP contribution >= 0.6 is 0 Å². The Labute approximate surface area is 214 Å². The number of hydrogen-bond acceptors (Lipinski definition) is 3.